The Morgan fingerprint density at radius 3 is 3.06 bits per heavy atom. The van der Waals surface area contributed by atoms with Crippen LogP contribution in [0.2, 0.25) is 0 Å². The molecule has 0 aromatic heterocycles. The standard InChI is InChI=1S/C14H21NO/c1-10-6-7-12-4-3-5-14(13(12)8-10)15-11(2)9-16/h6-8,11,14-16H,3-5,9H2,1-2H3/t11-,14?/m1/s1. The van der Waals surface area contributed by atoms with Gasteiger partial charge in [0.15, 0.2) is 0 Å². The first-order valence-electron chi connectivity index (χ1n) is 6.17. The summed E-state index contributed by atoms with van der Waals surface area (Å²) in [7, 11) is 0. The molecule has 0 saturated carbocycles. The second-order valence-corrected chi connectivity index (χ2v) is 4.90. The number of hydrogen-bond acceptors (Lipinski definition) is 2. The van der Waals surface area contributed by atoms with Gasteiger partial charge in [-0.2, -0.15) is 0 Å². The van der Waals surface area contributed by atoms with E-state index in [0.29, 0.717) is 6.04 Å². The summed E-state index contributed by atoms with van der Waals surface area (Å²) in [6, 6.07) is 7.33. The van der Waals surface area contributed by atoms with Gasteiger partial charge in [0.1, 0.15) is 0 Å². The second-order valence-electron chi connectivity index (χ2n) is 4.90. The van der Waals surface area contributed by atoms with Crippen molar-refractivity contribution in [1.82, 2.24) is 5.32 Å². The Kier molecular flexibility index (Phi) is 3.62. The molecule has 2 atom stereocenters. The van der Waals surface area contributed by atoms with Crippen molar-refractivity contribution < 1.29 is 5.11 Å². The van der Waals surface area contributed by atoms with Crippen molar-refractivity contribution in [2.75, 3.05) is 6.61 Å². The number of aryl methyl sites for hydroxylation is 2. The molecule has 0 saturated heterocycles. The molecule has 0 bridgehead atoms. The largest absolute Gasteiger partial charge is 0.395 e. The Hall–Kier alpha value is -0.860. The monoisotopic (exact) mass is 219 g/mol. The van der Waals surface area contributed by atoms with Crippen LogP contribution in [0.4, 0.5) is 0 Å². The van der Waals surface area contributed by atoms with E-state index in [1.165, 1.54) is 36.0 Å². The summed E-state index contributed by atoms with van der Waals surface area (Å²) in [6.07, 6.45) is 3.62. The van der Waals surface area contributed by atoms with Gasteiger partial charge in [-0.1, -0.05) is 23.8 Å². The van der Waals surface area contributed by atoms with Crippen LogP contribution in [0.5, 0.6) is 0 Å². The predicted octanol–water partition coefficient (Wildman–Crippen LogP) is 2.34. The summed E-state index contributed by atoms with van der Waals surface area (Å²) in [6.45, 7) is 4.38. The Labute approximate surface area is 97.7 Å². The highest BCUT2D eigenvalue weighted by atomic mass is 16.3. The van der Waals surface area contributed by atoms with Crippen LogP contribution >= 0.6 is 0 Å². The van der Waals surface area contributed by atoms with Crippen LogP contribution in [0.15, 0.2) is 18.2 Å². The lowest BCUT2D eigenvalue weighted by atomic mass is 9.86. The maximum Gasteiger partial charge on any atom is 0.0582 e. The minimum atomic E-state index is 0.177. The molecule has 0 spiro atoms. The van der Waals surface area contributed by atoms with Crippen LogP contribution in [0.25, 0.3) is 0 Å². The molecule has 1 aromatic rings. The van der Waals surface area contributed by atoms with Crippen LogP contribution in [-0.2, 0) is 6.42 Å². The molecule has 0 fully saturated rings. The first-order chi connectivity index (χ1) is 7.70. The van der Waals surface area contributed by atoms with Gasteiger partial charge in [-0.25, -0.2) is 0 Å². The highest BCUT2D eigenvalue weighted by molar-refractivity contribution is 5.35. The van der Waals surface area contributed by atoms with E-state index in [0.717, 1.165) is 0 Å². The molecule has 2 nitrogen and oxygen atoms in total. The molecule has 2 N–H and O–H groups in total. The van der Waals surface area contributed by atoms with E-state index in [1.54, 1.807) is 0 Å². The molecule has 0 amide bonds. The number of hydrogen-bond donors (Lipinski definition) is 2. The zero-order valence-electron chi connectivity index (χ0n) is 10.2. The molecule has 0 aliphatic heterocycles. The predicted molar refractivity (Wildman–Crippen MR) is 66.5 cm³/mol. The summed E-state index contributed by atoms with van der Waals surface area (Å²) >= 11 is 0. The summed E-state index contributed by atoms with van der Waals surface area (Å²) < 4.78 is 0. The molecule has 1 aliphatic carbocycles. The molecule has 0 radical (unpaired) electrons. The number of nitrogens with one attached hydrogen (secondary N) is 1. The fourth-order valence-corrected chi connectivity index (χ4v) is 2.49. The summed E-state index contributed by atoms with van der Waals surface area (Å²) in [5.41, 5.74) is 4.23. The quantitative estimate of drug-likeness (QED) is 0.818. The minimum absolute atomic E-state index is 0.177. The SMILES string of the molecule is Cc1ccc2c(c1)C(N[C@H](C)CO)CCC2. The molecular weight excluding hydrogens is 198 g/mol. The van der Waals surface area contributed by atoms with E-state index in [4.69, 9.17) is 5.11 Å². The number of aliphatic hydroxyl groups is 1. The number of aliphatic hydroxyl groups excluding tert-OH is 1. The number of rotatable bonds is 3. The van der Waals surface area contributed by atoms with Crippen LogP contribution in [0.1, 0.15) is 42.5 Å². The fourth-order valence-electron chi connectivity index (χ4n) is 2.49. The van der Waals surface area contributed by atoms with Crippen LogP contribution < -0.4 is 5.32 Å². The van der Waals surface area contributed by atoms with E-state index < -0.39 is 0 Å². The molecular formula is C14H21NO. The van der Waals surface area contributed by atoms with Gasteiger partial charge in [0.05, 0.1) is 6.61 Å². The van der Waals surface area contributed by atoms with Gasteiger partial charge in [0.2, 0.25) is 0 Å². The van der Waals surface area contributed by atoms with Crippen molar-refractivity contribution in [3.05, 3.63) is 34.9 Å². The Balaban J connectivity index is 2.21. The van der Waals surface area contributed by atoms with Gasteiger partial charge in [-0.3, -0.25) is 0 Å². The number of fused-ring (bicyclic) bond motifs is 1. The third-order valence-corrected chi connectivity index (χ3v) is 3.38. The van der Waals surface area contributed by atoms with Crippen molar-refractivity contribution in [1.29, 1.82) is 0 Å². The van der Waals surface area contributed by atoms with Crippen molar-refractivity contribution in [3.63, 3.8) is 0 Å². The third-order valence-electron chi connectivity index (χ3n) is 3.38. The van der Waals surface area contributed by atoms with Gasteiger partial charge in [-0.15, -0.1) is 0 Å². The maximum absolute atomic E-state index is 9.11. The lowest BCUT2D eigenvalue weighted by Crippen LogP contribution is -2.35. The second kappa shape index (κ2) is 4.98. The molecule has 2 rings (SSSR count). The molecule has 1 aromatic carbocycles. The van der Waals surface area contributed by atoms with Crippen molar-refractivity contribution in [2.24, 2.45) is 0 Å². The zero-order chi connectivity index (χ0) is 11.5. The summed E-state index contributed by atoms with van der Waals surface area (Å²) in [4.78, 5) is 0. The lowest BCUT2D eigenvalue weighted by Gasteiger charge is -2.29. The number of benzene rings is 1. The molecule has 16 heavy (non-hydrogen) atoms. The van der Waals surface area contributed by atoms with Crippen LogP contribution in [0.3, 0.4) is 0 Å². The Bertz CT molecular complexity index is 362. The fraction of sp³-hybridized carbons (Fsp3) is 0.571. The maximum atomic E-state index is 9.11. The summed E-state index contributed by atoms with van der Waals surface area (Å²) in [5.74, 6) is 0. The first kappa shape index (κ1) is 11.6. The van der Waals surface area contributed by atoms with E-state index in [-0.39, 0.29) is 12.6 Å². The lowest BCUT2D eigenvalue weighted by molar-refractivity contribution is 0.236. The summed E-state index contributed by atoms with van der Waals surface area (Å²) in [5, 5.41) is 12.6. The van der Waals surface area contributed by atoms with Gasteiger partial charge in [0, 0.05) is 12.1 Å². The third kappa shape index (κ3) is 2.45. The molecule has 0 heterocycles. The minimum Gasteiger partial charge on any atom is -0.395 e. The van der Waals surface area contributed by atoms with Crippen molar-refractivity contribution >= 4 is 0 Å². The van der Waals surface area contributed by atoms with Crippen LogP contribution in [-0.4, -0.2) is 17.8 Å². The normalized spacial score (nSPS) is 21.6. The van der Waals surface area contributed by atoms with Crippen LogP contribution in [0, 0.1) is 6.92 Å². The Morgan fingerprint density at radius 2 is 2.31 bits per heavy atom. The van der Waals surface area contributed by atoms with Gasteiger partial charge in [-0.05, 0) is 44.2 Å². The van der Waals surface area contributed by atoms with Gasteiger partial charge >= 0.3 is 0 Å². The molecule has 2 heteroatoms. The zero-order valence-corrected chi connectivity index (χ0v) is 10.2. The highest BCUT2D eigenvalue weighted by Crippen LogP contribution is 2.30. The average molecular weight is 219 g/mol. The molecule has 1 unspecified atom stereocenters. The van der Waals surface area contributed by atoms with E-state index in [9.17, 15) is 0 Å². The van der Waals surface area contributed by atoms with E-state index >= 15 is 0 Å². The average Bonchev–Trinajstić information content (AvgIpc) is 2.29. The van der Waals surface area contributed by atoms with E-state index in [1.807, 2.05) is 6.92 Å². The smallest absolute Gasteiger partial charge is 0.0582 e. The van der Waals surface area contributed by atoms with Crippen molar-refractivity contribution in [3.8, 4) is 0 Å². The van der Waals surface area contributed by atoms with E-state index in [2.05, 4.69) is 30.4 Å². The Morgan fingerprint density at radius 1 is 1.50 bits per heavy atom. The van der Waals surface area contributed by atoms with Gasteiger partial charge < -0.3 is 10.4 Å². The topological polar surface area (TPSA) is 32.3 Å². The first-order valence-corrected chi connectivity index (χ1v) is 6.17. The van der Waals surface area contributed by atoms with Gasteiger partial charge in [0.25, 0.3) is 0 Å². The highest BCUT2D eigenvalue weighted by Gasteiger charge is 2.20. The molecule has 88 valence electrons. The van der Waals surface area contributed by atoms with Crippen molar-refractivity contribution in [2.45, 2.75) is 45.2 Å². The molecule has 1 aliphatic rings.